The minimum absolute atomic E-state index is 0.0193. The molecule has 1 heterocycles. The maximum Gasteiger partial charge on any atom is 0.280 e. The van der Waals surface area contributed by atoms with Gasteiger partial charge in [0.2, 0.25) is 5.91 Å². The van der Waals surface area contributed by atoms with Crippen molar-refractivity contribution in [2.75, 3.05) is 26.0 Å². The van der Waals surface area contributed by atoms with E-state index in [0.717, 1.165) is 31.4 Å². The predicted molar refractivity (Wildman–Crippen MR) is 117 cm³/mol. The van der Waals surface area contributed by atoms with Crippen LogP contribution < -0.4 is 10.2 Å². The van der Waals surface area contributed by atoms with Gasteiger partial charge in [-0.25, -0.2) is 4.98 Å². The van der Waals surface area contributed by atoms with Crippen LogP contribution in [0.2, 0.25) is 0 Å². The quantitative estimate of drug-likeness (QED) is 0.626. The van der Waals surface area contributed by atoms with E-state index in [0.29, 0.717) is 6.54 Å². The second kappa shape index (κ2) is 9.15. The summed E-state index contributed by atoms with van der Waals surface area (Å²) in [5.41, 5.74) is 2.85. The van der Waals surface area contributed by atoms with Crippen molar-refractivity contribution in [3.63, 3.8) is 0 Å². The molecule has 152 valence electrons. The van der Waals surface area contributed by atoms with Crippen molar-refractivity contribution in [3.05, 3.63) is 59.1 Å². The van der Waals surface area contributed by atoms with E-state index in [1.165, 1.54) is 4.90 Å². The Morgan fingerprint density at radius 1 is 1.17 bits per heavy atom. The van der Waals surface area contributed by atoms with Gasteiger partial charge in [-0.3, -0.25) is 9.59 Å². The van der Waals surface area contributed by atoms with Crippen LogP contribution in [0.5, 0.6) is 0 Å². The van der Waals surface area contributed by atoms with Gasteiger partial charge in [0.1, 0.15) is 11.6 Å². The van der Waals surface area contributed by atoms with Crippen LogP contribution in [0, 0.1) is 6.92 Å². The lowest BCUT2D eigenvalue weighted by atomic mass is 10.2. The maximum atomic E-state index is 12.8. The Morgan fingerprint density at radius 2 is 1.86 bits per heavy atom. The van der Waals surface area contributed by atoms with E-state index < -0.39 is 0 Å². The molecule has 2 atom stereocenters. The Morgan fingerprint density at radius 3 is 2.55 bits per heavy atom. The number of rotatable bonds is 7. The van der Waals surface area contributed by atoms with Crippen LogP contribution in [0.15, 0.2) is 48.5 Å². The molecule has 0 aliphatic heterocycles. The fourth-order valence-corrected chi connectivity index (χ4v) is 4.12. The molecule has 0 spiro atoms. The molecule has 0 saturated carbocycles. The number of hydrogen-bond acceptors (Lipinski definition) is 4. The number of carbonyl (C=O) groups excluding carboxylic acids is 2. The van der Waals surface area contributed by atoms with Crippen LogP contribution in [0.25, 0.3) is 10.2 Å². The molecule has 2 N–H and O–H groups in total. The highest BCUT2D eigenvalue weighted by atomic mass is 32.1. The summed E-state index contributed by atoms with van der Waals surface area (Å²) in [7, 11) is 3.65. The fourth-order valence-electron chi connectivity index (χ4n) is 3.06. The monoisotopic (exact) mass is 411 g/mol. The SMILES string of the molecule is Cc1ccc(NC(=O)CN(C)C(=O)[C@@H](C)[NH+](C)Cc2nc3ccccc3s2)cc1. The van der Waals surface area contributed by atoms with Gasteiger partial charge in [-0.2, -0.15) is 0 Å². The molecule has 1 unspecified atom stereocenters. The number of nitrogens with one attached hydrogen (secondary N) is 2. The summed E-state index contributed by atoms with van der Waals surface area (Å²) >= 11 is 1.66. The summed E-state index contributed by atoms with van der Waals surface area (Å²) in [4.78, 5) is 32.2. The third-order valence-electron chi connectivity index (χ3n) is 4.97. The first-order valence-electron chi connectivity index (χ1n) is 9.61. The number of aryl methyl sites for hydroxylation is 1. The summed E-state index contributed by atoms with van der Waals surface area (Å²) in [6, 6.07) is 15.3. The lowest BCUT2D eigenvalue weighted by Crippen LogP contribution is -3.12. The number of likely N-dealkylation sites (N-methyl/N-ethyl adjacent to an activating group) is 2. The van der Waals surface area contributed by atoms with Crippen LogP contribution in [0.3, 0.4) is 0 Å². The summed E-state index contributed by atoms with van der Waals surface area (Å²) < 4.78 is 1.15. The van der Waals surface area contributed by atoms with E-state index in [4.69, 9.17) is 0 Å². The van der Waals surface area contributed by atoms with Gasteiger partial charge in [0, 0.05) is 12.7 Å². The first-order valence-corrected chi connectivity index (χ1v) is 10.4. The number of para-hydroxylation sites is 1. The fraction of sp³-hybridized carbons (Fsp3) is 0.318. The number of amides is 2. The molecule has 2 aromatic carbocycles. The first kappa shape index (κ1) is 21.0. The number of hydrogen-bond donors (Lipinski definition) is 2. The molecule has 29 heavy (non-hydrogen) atoms. The predicted octanol–water partition coefficient (Wildman–Crippen LogP) is 2.11. The largest absolute Gasteiger partial charge is 0.331 e. The van der Waals surface area contributed by atoms with Gasteiger partial charge in [-0.05, 0) is 38.1 Å². The van der Waals surface area contributed by atoms with Gasteiger partial charge in [0.15, 0.2) is 6.04 Å². The average molecular weight is 412 g/mol. The summed E-state index contributed by atoms with van der Waals surface area (Å²) in [6.07, 6.45) is 0. The molecule has 2 amide bonds. The first-order chi connectivity index (χ1) is 13.8. The number of aromatic nitrogens is 1. The average Bonchev–Trinajstić information content (AvgIpc) is 3.10. The van der Waals surface area contributed by atoms with Crippen LogP contribution >= 0.6 is 11.3 Å². The van der Waals surface area contributed by atoms with E-state index in [2.05, 4.69) is 16.4 Å². The van der Waals surface area contributed by atoms with Gasteiger partial charge in [0.05, 0.1) is 23.8 Å². The smallest absolute Gasteiger partial charge is 0.280 e. The number of nitrogens with zero attached hydrogens (tertiary/aromatic N) is 2. The van der Waals surface area contributed by atoms with Gasteiger partial charge < -0.3 is 15.1 Å². The van der Waals surface area contributed by atoms with Crippen molar-refractivity contribution < 1.29 is 14.5 Å². The number of thiazole rings is 1. The summed E-state index contributed by atoms with van der Waals surface area (Å²) in [5, 5.41) is 3.83. The van der Waals surface area contributed by atoms with E-state index in [1.807, 2.05) is 63.4 Å². The normalized spacial score (nSPS) is 13.1. The zero-order valence-electron chi connectivity index (χ0n) is 17.2. The Hall–Kier alpha value is -2.77. The summed E-state index contributed by atoms with van der Waals surface area (Å²) in [6.45, 7) is 4.56. The number of anilines is 1. The van der Waals surface area contributed by atoms with E-state index >= 15 is 0 Å². The van der Waals surface area contributed by atoms with Crippen molar-refractivity contribution in [1.82, 2.24) is 9.88 Å². The van der Waals surface area contributed by atoms with Gasteiger partial charge in [0.25, 0.3) is 5.91 Å². The van der Waals surface area contributed by atoms with E-state index in [1.54, 1.807) is 18.4 Å². The molecule has 3 aromatic rings. The standard InChI is InChI=1S/C22H26N4O2S/c1-15-9-11-17(12-10-15)23-20(27)13-26(4)22(28)16(2)25(3)14-21-24-18-7-5-6-8-19(18)29-21/h5-12,16H,13-14H2,1-4H3,(H,23,27)/p+1/t16-/m1/s1. The Labute approximate surface area is 175 Å². The number of quaternary nitrogens is 1. The van der Waals surface area contributed by atoms with E-state index in [-0.39, 0.29) is 24.4 Å². The number of fused-ring (bicyclic) bond motifs is 1. The zero-order valence-corrected chi connectivity index (χ0v) is 18.0. The molecule has 0 fully saturated rings. The second-order valence-electron chi connectivity index (χ2n) is 7.43. The van der Waals surface area contributed by atoms with Crippen molar-refractivity contribution in [2.24, 2.45) is 0 Å². The molecule has 3 rings (SSSR count). The van der Waals surface area contributed by atoms with Crippen LogP contribution in [-0.4, -0.2) is 48.4 Å². The molecule has 0 saturated heterocycles. The van der Waals surface area contributed by atoms with Crippen LogP contribution in [0.4, 0.5) is 5.69 Å². The van der Waals surface area contributed by atoms with Crippen molar-refractivity contribution in [3.8, 4) is 0 Å². The third kappa shape index (κ3) is 5.40. The molecule has 0 aliphatic carbocycles. The van der Waals surface area contributed by atoms with Gasteiger partial charge >= 0.3 is 0 Å². The molecule has 6 nitrogen and oxygen atoms in total. The van der Waals surface area contributed by atoms with Gasteiger partial charge in [-0.15, -0.1) is 11.3 Å². The highest BCUT2D eigenvalue weighted by molar-refractivity contribution is 7.18. The number of carbonyl (C=O) groups is 2. The number of benzene rings is 2. The minimum Gasteiger partial charge on any atom is -0.331 e. The van der Waals surface area contributed by atoms with Crippen molar-refractivity contribution in [2.45, 2.75) is 26.4 Å². The Bertz CT molecular complexity index is 966. The van der Waals surface area contributed by atoms with Crippen LogP contribution in [-0.2, 0) is 16.1 Å². The zero-order chi connectivity index (χ0) is 21.0. The van der Waals surface area contributed by atoms with Crippen LogP contribution in [0.1, 0.15) is 17.5 Å². The van der Waals surface area contributed by atoms with Crippen molar-refractivity contribution in [1.29, 1.82) is 0 Å². The molecule has 7 heteroatoms. The molecular formula is C22H27N4O2S+. The second-order valence-corrected chi connectivity index (χ2v) is 8.54. The van der Waals surface area contributed by atoms with E-state index in [9.17, 15) is 9.59 Å². The Balaban J connectivity index is 1.54. The Kier molecular flexibility index (Phi) is 6.61. The maximum absolute atomic E-state index is 12.8. The molecule has 0 radical (unpaired) electrons. The highest BCUT2D eigenvalue weighted by Gasteiger charge is 2.27. The van der Waals surface area contributed by atoms with Gasteiger partial charge in [-0.1, -0.05) is 29.8 Å². The minimum atomic E-state index is -0.279. The lowest BCUT2D eigenvalue weighted by molar-refractivity contribution is -0.908. The lowest BCUT2D eigenvalue weighted by Gasteiger charge is -2.25. The molecule has 0 bridgehead atoms. The molecule has 0 aliphatic rings. The summed E-state index contributed by atoms with van der Waals surface area (Å²) in [5.74, 6) is -0.275. The van der Waals surface area contributed by atoms with Crippen molar-refractivity contribution >= 4 is 39.1 Å². The highest BCUT2D eigenvalue weighted by Crippen LogP contribution is 2.20. The topological polar surface area (TPSA) is 66.7 Å². The molecule has 1 aromatic heterocycles. The third-order valence-corrected chi connectivity index (χ3v) is 6.01. The molecular weight excluding hydrogens is 384 g/mol.